The number of carbonyl (C=O) groups excluding carboxylic acids is 2. The smallest absolute Gasteiger partial charge is 0.337 e. The molecule has 0 radical (unpaired) electrons. The van der Waals surface area contributed by atoms with Crippen molar-refractivity contribution in [1.29, 1.82) is 0 Å². The number of hydrogen-bond donors (Lipinski definition) is 0. The summed E-state index contributed by atoms with van der Waals surface area (Å²) in [6.07, 6.45) is 0.795. The second-order valence-corrected chi connectivity index (χ2v) is 8.32. The summed E-state index contributed by atoms with van der Waals surface area (Å²) in [5, 5.41) is 0.693. The molecule has 30 heavy (non-hydrogen) atoms. The molecule has 1 heterocycles. The molecule has 150 valence electrons. The molecule has 3 aromatic carbocycles. The molecule has 1 fully saturated rings. The number of ether oxygens (including phenoxy) is 1. The number of anilines is 1. The van der Waals surface area contributed by atoms with Crippen LogP contribution in [0.1, 0.15) is 39.4 Å². The average Bonchev–Trinajstić information content (AvgIpc) is 3.49. The van der Waals surface area contributed by atoms with Gasteiger partial charge in [-0.15, -0.1) is 0 Å². The molecule has 5 heteroatoms. The normalized spacial score (nSPS) is 21.6. The van der Waals surface area contributed by atoms with E-state index in [0.717, 1.165) is 28.8 Å². The molecule has 5 rings (SSSR count). The van der Waals surface area contributed by atoms with Crippen LogP contribution in [0.15, 0.2) is 72.8 Å². The Bertz CT molecular complexity index is 1160. The highest BCUT2D eigenvalue weighted by Crippen LogP contribution is 2.66. The second kappa shape index (κ2) is 6.99. The highest BCUT2D eigenvalue weighted by Gasteiger charge is 2.66. The fourth-order valence-corrected chi connectivity index (χ4v) is 4.83. The van der Waals surface area contributed by atoms with Crippen LogP contribution < -0.4 is 4.90 Å². The Labute approximate surface area is 180 Å². The number of nitrogens with zero attached hydrogens (tertiary/aromatic N) is 1. The van der Waals surface area contributed by atoms with Crippen molar-refractivity contribution in [3.8, 4) is 0 Å². The summed E-state index contributed by atoms with van der Waals surface area (Å²) in [5.41, 5.74) is 4.03. The largest absolute Gasteiger partial charge is 0.465 e. The number of halogens is 1. The number of rotatable bonds is 4. The lowest BCUT2D eigenvalue weighted by Crippen LogP contribution is -2.32. The van der Waals surface area contributed by atoms with Gasteiger partial charge < -0.3 is 9.64 Å². The molecule has 1 spiro atoms. The number of amides is 1. The van der Waals surface area contributed by atoms with Crippen LogP contribution in [-0.2, 0) is 21.5 Å². The van der Waals surface area contributed by atoms with Gasteiger partial charge in [-0.2, -0.15) is 0 Å². The molecule has 0 bridgehead atoms. The van der Waals surface area contributed by atoms with Gasteiger partial charge in [0.05, 0.1) is 24.6 Å². The molecule has 1 amide bonds. The van der Waals surface area contributed by atoms with E-state index in [-0.39, 0.29) is 17.8 Å². The average molecular weight is 418 g/mol. The van der Waals surface area contributed by atoms with Gasteiger partial charge in [-0.1, -0.05) is 54.1 Å². The Kier molecular flexibility index (Phi) is 4.40. The van der Waals surface area contributed by atoms with Crippen molar-refractivity contribution in [2.45, 2.75) is 24.3 Å². The van der Waals surface area contributed by atoms with Crippen LogP contribution in [0.4, 0.5) is 5.69 Å². The maximum absolute atomic E-state index is 13.7. The third kappa shape index (κ3) is 2.83. The fraction of sp³-hybridized carbons (Fsp3) is 0.200. The number of benzene rings is 3. The molecule has 0 unspecified atom stereocenters. The van der Waals surface area contributed by atoms with E-state index in [1.165, 1.54) is 7.11 Å². The first-order valence-corrected chi connectivity index (χ1v) is 10.3. The van der Waals surface area contributed by atoms with Crippen LogP contribution in [0.3, 0.4) is 0 Å². The van der Waals surface area contributed by atoms with Crippen LogP contribution in [0, 0.1) is 0 Å². The van der Waals surface area contributed by atoms with E-state index in [4.69, 9.17) is 16.3 Å². The predicted molar refractivity (Wildman–Crippen MR) is 116 cm³/mol. The van der Waals surface area contributed by atoms with Crippen molar-refractivity contribution in [1.82, 2.24) is 0 Å². The number of para-hydroxylation sites is 1. The summed E-state index contributed by atoms with van der Waals surface area (Å²) in [5.74, 6) is -0.117. The quantitative estimate of drug-likeness (QED) is 0.555. The molecular weight excluding hydrogens is 398 g/mol. The molecule has 1 aliphatic heterocycles. The van der Waals surface area contributed by atoms with Gasteiger partial charge in [0.1, 0.15) is 0 Å². The van der Waals surface area contributed by atoms with Crippen molar-refractivity contribution in [3.63, 3.8) is 0 Å². The molecule has 0 N–H and O–H groups in total. The van der Waals surface area contributed by atoms with Gasteiger partial charge in [0.25, 0.3) is 0 Å². The van der Waals surface area contributed by atoms with Gasteiger partial charge in [-0.05, 0) is 53.4 Å². The van der Waals surface area contributed by atoms with Crippen molar-refractivity contribution in [2.75, 3.05) is 12.0 Å². The molecule has 4 nitrogen and oxygen atoms in total. The first-order valence-electron chi connectivity index (χ1n) is 9.89. The highest BCUT2D eigenvalue weighted by molar-refractivity contribution is 6.30. The number of hydrogen-bond acceptors (Lipinski definition) is 3. The molecule has 2 aliphatic rings. The van der Waals surface area contributed by atoms with Crippen molar-refractivity contribution in [3.05, 3.63) is 100 Å². The minimum Gasteiger partial charge on any atom is -0.465 e. The van der Waals surface area contributed by atoms with E-state index >= 15 is 0 Å². The van der Waals surface area contributed by atoms with Gasteiger partial charge in [0.15, 0.2) is 0 Å². The number of fused-ring (bicyclic) bond motifs is 2. The first kappa shape index (κ1) is 18.9. The van der Waals surface area contributed by atoms with Gasteiger partial charge in [-0.25, -0.2) is 4.79 Å². The maximum atomic E-state index is 13.7. The lowest BCUT2D eigenvalue weighted by molar-refractivity contribution is -0.120. The standard InChI is InChI=1S/C25H20ClNO3/c1-30-23(28)18-6-4-5-16(13-18)15-27-22-8-3-2-7-20(22)25(24(27)29)14-21(25)17-9-11-19(26)12-10-17/h2-13,21H,14-15H2,1H3/t21-,25-/m0/s1. The Balaban J connectivity index is 1.49. The van der Waals surface area contributed by atoms with Gasteiger partial charge in [0, 0.05) is 16.6 Å². The van der Waals surface area contributed by atoms with E-state index in [2.05, 4.69) is 6.07 Å². The SMILES string of the molecule is COC(=O)c1cccc(CN2C(=O)[C@@]3(C[C@H]3c3ccc(Cl)cc3)c3ccccc32)c1. The summed E-state index contributed by atoms with van der Waals surface area (Å²) in [7, 11) is 1.36. The maximum Gasteiger partial charge on any atom is 0.337 e. The zero-order valence-electron chi connectivity index (χ0n) is 16.5. The fourth-order valence-electron chi connectivity index (χ4n) is 4.70. The number of methoxy groups -OCH3 is 1. The van der Waals surface area contributed by atoms with Gasteiger partial charge >= 0.3 is 5.97 Å². The van der Waals surface area contributed by atoms with Crippen LogP contribution in [0.2, 0.25) is 5.02 Å². The van der Waals surface area contributed by atoms with Gasteiger partial charge in [0.2, 0.25) is 5.91 Å². The van der Waals surface area contributed by atoms with Gasteiger partial charge in [-0.3, -0.25) is 4.79 Å². The molecular formula is C25H20ClNO3. The zero-order chi connectivity index (χ0) is 20.9. The van der Waals surface area contributed by atoms with Crippen molar-refractivity contribution >= 4 is 29.2 Å². The van der Waals surface area contributed by atoms with E-state index in [1.807, 2.05) is 59.5 Å². The van der Waals surface area contributed by atoms with Crippen LogP contribution in [0.25, 0.3) is 0 Å². The summed E-state index contributed by atoms with van der Waals surface area (Å²) in [6, 6.07) is 23.1. The molecule has 3 aromatic rings. The number of carbonyl (C=O) groups is 2. The molecule has 2 atom stereocenters. The lowest BCUT2D eigenvalue weighted by atomic mass is 9.92. The Morgan fingerprint density at radius 3 is 2.63 bits per heavy atom. The Hall–Kier alpha value is -3.11. The number of esters is 1. The zero-order valence-corrected chi connectivity index (χ0v) is 17.2. The van der Waals surface area contributed by atoms with Crippen molar-refractivity contribution < 1.29 is 14.3 Å². The third-order valence-electron chi connectivity index (χ3n) is 6.22. The Morgan fingerprint density at radius 1 is 1.10 bits per heavy atom. The van der Waals surface area contributed by atoms with E-state index in [0.29, 0.717) is 17.1 Å². The summed E-state index contributed by atoms with van der Waals surface area (Å²) in [6.45, 7) is 0.412. The molecule has 1 saturated carbocycles. The van der Waals surface area contributed by atoms with Crippen LogP contribution >= 0.6 is 11.6 Å². The van der Waals surface area contributed by atoms with E-state index in [9.17, 15) is 9.59 Å². The molecule has 0 saturated heterocycles. The molecule has 0 aromatic heterocycles. The predicted octanol–water partition coefficient (Wildman–Crippen LogP) is 5.10. The minimum absolute atomic E-state index is 0.118. The van der Waals surface area contributed by atoms with E-state index < -0.39 is 5.41 Å². The minimum atomic E-state index is -0.510. The van der Waals surface area contributed by atoms with E-state index in [1.54, 1.807) is 12.1 Å². The molecule has 1 aliphatic carbocycles. The topological polar surface area (TPSA) is 46.6 Å². The summed E-state index contributed by atoms with van der Waals surface area (Å²) < 4.78 is 4.82. The summed E-state index contributed by atoms with van der Waals surface area (Å²) in [4.78, 5) is 27.4. The lowest BCUT2D eigenvalue weighted by Gasteiger charge is -2.19. The Morgan fingerprint density at radius 2 is 1.87 bits per heavy atom. The van der Waals surface area contributed by atoms with Crippen LogP contribution in [-0.4, -0.2) is 19.0 Å². The van der Waals surface area contributed by atoms with Crippen LogP contribution in [0.5, 0.6) is 0 Å². The van der Waals surface area contributed by atoms with Crippen molar-refractivity contribution in [2.24, 2.45) is 0 Å². The third-order valence-corrected chi connectivity index (χ3v) is 6.48. The highest BCUT2D eigenvalue weighted by atomic mass is 35.5. The summed E-state index contributed by atoms with van der Waals surface area (Å²) >= 11 is 6.05. The first-order chi connectivity index (χ1) is 14.5. The monoisotopic (exact) mass is 417 g/mol. The second-order valence-electron chi connectivity index (χ2n) is 7.88.